The minimum Gasteiger partial charge on any atom is -0.508 e. The lowest BCUT2D eigenvalue weighted by Crippen LogP contribution is -2.56. The van der Waals surface area contributed by atoms with E-state index < -0.39 is 11.5 Å². The summed E-state index contributed by atoms with van der Waals surface area (Å²) < 4.78 is 14.6. The van der Waals surface area contributed by atoms with Crippen LogP contribution in [0, 0.1) is 18.8 Å². The number of aromatic hydroxyl groups is 1. The number of carbonyl (C=O) groups excluding carboxylic acids is 2. The molecule has 4 aromatic rings. The number of anilines is 1. The number of carboxylic acid groups (broad SMARTS) is 1. The molecule has 4 aromatic carbocycles. The van der Waals surface area contributed by atoms with Crippen molar-refractivity contribution in [2.45, 2.75) is 45.1 Å². The van der Waals surface area contributed by atoms with Crippen LogP contribution in [0.25, 0.3) is 66.8 Å². The van der Waals surface area contributed by atoms with Gasteiger partial charge in [-0.25, -0.2) is 9.37 Å². The number of rotatable bonds is 9. The van der Waals surface area contributed by atoms with Crippen LogP contribution in [-0.2, 0) is 0 Å². The van der Waals surface area contributed by atoms with Gasteiger partial charge in [-0.05, 0) is 117 Å². The summed E-state index contributed by atoms with van der Waals surface area (Å²) in [5, 5.41) is 26.7. The van der Waals surface area contributed by atoms with Gasteiger partial charge in [-0.3, -0.25) is 14.4 Å². The predicted molar refractivity (Wildman–Crippen MR) is 266 cm³/mol. The molecule has 3 aliphatic heterocycles. The zero-order valence-corrected chi connectivity index (χ0v) is 38.8. The summed E-state index contributed by atoms with van der Waals surface area (Å²) in [6.45, 7) is 4.45. The molecule has 0 spiro atoms. The topological polar surface area (TPSA) is 157 Å². The average molecular weight is 908 g/mol. The Bertz CT molecular complexity index is 3490. The van der Waals surface area contributed by atoms with Crippen LogP contribution >= 0.6 is 0 Å². The number of aromatic carboxylic acids is 1. The summed E-state index contributed by atoms with van der Waals surface area (Å²) >= 11 is 0. The number of hydrogen-bond acceptors (Lipinski definition) is 8. The third-order valence-corrected chi connectivity index (χ3v) is 13.2. The van der Waals surface area contributed by atoms with Crippen LogP contribution in [-0.4, -0.2) is 79.7 Å². The van der Waals surface area contributed by atoms with E-state index in [0.717, 1.165) is 50.0 Å². The summed E-state index contributed by atoms with van der Waals surface area (Å²) in [6.07, 6.45) is 2.07. The van der Waals surface area contributed by atoms with Crippen LogP contribution in [0.4, 0.5) is 5.69 Å². The quantitative estimate of drug-likeness (QED) is 0.0731. The molecule has 12 heteroatoms. The van der Waals surface area contributed by atoms with Gasteiger partial charge in [-0.2, -0.15) is 0 Å². The van der Waals surface area contributed by atoms with E-state index in [1.54, 1.807) is 36.1 Å². The Hall–Kier alpha value is -8.17. The van der Waals surface area contributed by atoms with Crippen molar-refractivity contribution in [2.24, 2.45) is 0 Å². The molecule has 12 nitrogen and oxygen atoms in total. The van der Waals surface area contributed by atoms with Gasteiger partial charge in [0.15, 0.2) is 5.43 Å². The normalized spacial score (nSPS) is 13.4. The van der Waals surface area contributed by atoms with Crippen molar-refractivity contribution in [3.63, 3.8) is 0 Å². The Morgan fingerprint density at radius 2 is 1.40 bits per heavy atom. The van der Waals surface area contributed by atoms with Crippen LogP contribution in [0.1, 0.15) is 69.2 Å². The second-order valence-corrected chi connectivity index (χ2v) is 18.0. The lowest BCUT2D eigenvalue weighted by Gasteiger charge is -2.42. The largest absolute Gasteiger partial charge is 0.508 e. The number of piperidine rings is 1. The van der Waals surface area contributed by atoms with E-state index in [2.05, 4.69) is 53.6 Å². The number of benzene rings is 6. The molecule has 5 aliphatic rings. The molecule has 2 aliphatic carbocycles. The number of nitrogens with one attached hydrogen (secondary N) is 1. The molecule has 0 unspecified atom stereocenters. The van der Waals surface area contributed by atoms with Crippen molar-refractivity contribution >= 4 is 45.4 Å². The molecule has 68 heavy (non-hydrogen) atoms. The number of amides is 2. The highest BCUT2D eigenvalue weighted by molar-refractivity contribution is 6.09. The molecule has 3 N–H and O–H groups in total. The minimum absolute atomic E-state index is 0.0571. The van der Waals surface area contributed by atoms with E-state index in [4.69, 9.17) is 8.83 Å². The summed E-state index contributed by atoms with van der Waals surface area (Å²) in [7, 11) is 8.00. The fourth-order valence-electron chi connectivity index (χ4n) is 9.52. The summed E-state index contributed by atoms with van der Waals surface area (Å²) in [5.41, 5.74) is 6.93. The Balaban J connectivity index is 0.986. The number of phenolic OH excluding ortho intramolecular Hbond substituents is 1. The monoisotopic (exact) mass is 907 g/mol. The van der Waals surface area contributed by atoms with Crippen molar-refractivity contribution < 1.29 is 33.4 Å². The van der Waals surface area contributed by atoms with Crippen molar-refractivity contribution in [3.05, 3.63) is 147 Å². The fourth-order valence-corrected chi connectivity index (χ4v) is 9.52. The highest BCUT2D eigenvalue weighted by atomic mass is 16.4. The van der Waals surface area contributed by atoms with Gasteiger partial charge in [0.2, 0.25) is 5.36 Å². The van der Waals surface area contributed by atoms with Crippen molar-refractivity contribution in [2.75, 3.05) is 46.2 Å². The number of phenols is 1. The first-order valence-electron chi connectivity index (χ1n) is 22.5. The molecule has 0 bridgehead atoms. The lowest BCUT2D eigenvalue weighted by atomic mass is 9.82. The van der Waals surface area contributed by atoms with E-state index in [9.17, 15) is 29.4 Å². The lowest BCUT2D eigenvalue weighted by molar-refractivity contribution is 0.0609. The number of fused-ring (bicyclic) bond motifs is 4. The highest BCUT2D eigenvalue weighted by Gasteiger charge is 2.38. The first-order valence-corrected chi connectivity index (χ1v) is 22.5. The first-order chi connectivity index (χ1) is 32.6. The Labute approximate surface area is 393 Å². The summed E-state index contributed by atoms with van der Waals surface area (Å²) in [6, 6.07) is 31.6. The molecule has 1 saturated heterocycles. The molecule has 342 valence electrons. The van der Waals surface area contributed by atoms with E-state index in [1.165, 1.54) is 30.3 Å². The molecule has 0 atom stereocenters. The zero-order chi connectivity index (χ0) is 48.0. The second-order valence-electron chi connectivity index (χ2n) is 18.0. The van der Waals surface area contributed by atoms with Gasteiger partial charge < -0.3 is 34.2 Å². The van der Waals surface area contributed by atoms with Crippen molar-refractivity contribution in [1.82, 2.24) is 14.8 Å². The first kappa shape index (κ1) is 45.0. The maximum Gasteiger partial charge on any atom is 0.336 e. The van der Waals surface area contributed by atoms with Crippen LogP contribution in [0.15, 0.2) is 123 Å². The van der Waals surface area contributed by atoms with E-state index in [-0.39, 0.29) is 45.5 Å². The van der Waals surface area contributed by atoms with Gasteiger partial charge in [0.25, 0.3) is 11.8 Å². The van der Waals surface area contributed by atoms with E-state index in [1.807, 2.05) is 62.8 Å². The van der Waals surface area contributed by atoms with Gasteiger partial charge in [0.1, 0.15) is 42.5 Å². The number of nitrogens with zero attached hydrogens (tertiary/aromatic N) is 3. The molecule has 0 radical (unpaired) electrons. The van der Waals surface area contributed by atoms with Crippen molar-refractivity contribution in [3.8, 4) is 62.5 Å². The number of likely N-dealkylation sites (tertiary alicyclic amines) is 1. The molecule has 1 fully saturated rings. The third kappa shape index (κ3) is 8.43. The molecule has 9 rings (SSSR count). The number of carboxylic acids is 1. The van der Waals surface area contributed by atoms with E-state index in [0.29, 0.717) is 66.4 Å². The number of carbonyl (C=O) groups is 3. The smallest absolute Gasteiger partial charge is 0.336 e. The maximum atomic E-state index is 14.3. The standard InChI is InChI=1S/C56H50N4O8/c1-7-8-9-22-56(57-53(63)34-10-16-40(33(2)27-34)51-42-18-12-36(58(3)4)29-47(42)67-48-30-37(59(5)6)13-19-43(48)51)23-25-60(26-24-56)54(64)35-11-17-41(46(28-35)55(65)66)52-44-20-14-38(61)31-49(44)68-50-32-39(62)15-21-45(50)52/h10-21,27-32H,9,22-26H2,1-6H3,(H2-,57,61,62,63,65,66)/p+1. The van der Waals surface area contributed by atoms with E-state index >= 15 is 0 Å². The predicted octanol–water partition coefficient (Wildman–Crippen LogP) is 9.10. The van der Waals surface area contributed by atoms with Crippen LogP contribution < -0.4 is 25.6 Å². The molecular formula is C56H51N4O8+. The van der Waals surface area contributed by atoms with Crippen LogP contribution in [0.2, 0.25) is 0 Å². The minimum atomic E-state index is -1.24. The third-order valence-electron chi connectivity index (χ3n) is 13.2. The molecule has 0 aromatic heterocycles. The Morgan fingerprint density at radius 1 is 0.765 bits per heavy atom. The molecular weight excluding hydrogens is 857 g/mol. The summed E-state index contributed by atoms with van der Waals surface area (Å²) in [4.78, 5) is 57.5. The van der Waals surface area contributed by atoms with Gasteiger partial charge in [-0.1, -0.05) is 12.1 Å². The van der Waals surface area contributed by atoms with Gasteiger partial charge >= 0.3 is 5.97 Å². The number of hydrogen-bond donors (Lipinski definition) is 3. The summed E-state index contributed by atoms with van der Waals surface area (Å²) in [5.74, 6) is 5.26. The SMILES string of the molecule is CC#CCCC1(NC(=O)c2ccc(-c3c4ccc(=[N+](C)C)cc-4oc4cc(N(C)C)ccc34)c(C)c2)CCN(C(=O)c2ccc(-c3c4ccc(=O)cc-4oc4cc(O)ccc34)c(C(=O)O)c2)CC1. The zero-order valence-electron chi connectivity index (χ0n) is 38.8. The van der Waals surface area contributed by atoms with Crippen molar-refractivity contribution in [1.29, 1.82) is 0 Å². The molecule has 3 heterocycles. The molecule has 0 saturated carbocycles. The van der Waals surface area contributed by atoms with Gasteiger partial charge in [0, 0.05) is 113 Å². The van der Waals surface area contributed by atoms with Gasteiger partial charge in [0.05, 0.1) is 11.6 Å². The highest BCUT2D eigenvalue weighted by Crippen LogP contribution is 2.44. The Morgan fingerprint density at radius 3 is 2.07 bits per heavy atom. The van der Waals surface area contributed by atoms with Gasteiger partial charge in [-0.15, -0.1) is 11.8 Å². The van der Waals surface area contributed by atoms with Crippen LogP contribution in [0.5, 0.6) is 5.75 Å². The maximum absolute atomic E-state index is 14.3. The second kappa shape index (κ2) is 17.9. The molecule has 2 amide bonds. The average Bonchev–Trinajstić information content (AvgIpc) is 3.32. The number of aryl methyl sites for hydroxylation is 1. The Kier molecular flexibility index (Phi) is 11.8. The van der Waals surface area contributed by atoms with Crippen LogP contribution in [0.3, 0.4) is 0 Å². The fraction of sp³-hybridized carbons (Fsp3) is 0.232.